The molecule has 1 unspecified atom stereocenters. The summed E-state index contributed by atoms with van der Waals surface area (Å²) in [5, 5.41) is 20.8. The number of hydrogen-bond donors (Lipinski definition) is 3. The number of alkyl carbamates (subject to hydrolysis) is 1. The number of rotatable bonds is 9. The minimum absolute atomic E-state index is 0.0186. The zero-order valence-corrected chi connectivity index (χ0v) is 19.6. The Morgan fingerprint density at radius 1 is 0.971 bits per heavy atom. The summed E-state index contributed by atoms with van der Waals surface area (Å²) in [6.45, 7) is 2.84. The summed E-state index contributed by atoms with van der Waals surface area (Å²) in [5.41, 5.74) is 4.40. The number of carbonyl (C=O) groups excluding carboxylic acids is 2. The maximum absolute atomic E-state index is 13.1. The Balaban J connectivity index is 1.39. The molecule has 35 heavy (non-hydrogen) atoms. The molecule has 1 atom stereocenters. The first kappa shape index (κ1) is 24.7. The van der Waals surface area contributed by atoms with Crippen LogP contribution >= 0.6 is 0 Å². The molecule has 4 rings (SSSR count). The molecule has 0 spiro atoms. The third kappa shape index (κ3) is 5.80. The predicted octanol–water partition coefficient (Wildman–Crippen LogP) is 1.89. The fourth-order valence-corrected chi connectivity index (χ4v) is 4.86. The van der Waals surface area contributed by atoms with Gasteiger partial charge in [-0.05, 0) is 28.7 Å². The second-order valence-electron chi connectivity index (χ2n) is 8.85. The first-order valence-electron chi connectivity index (χ1n) is 11.9. The molecule has 1 heterocycles. The highest BCUT2D eigenvalue weighted by atomic mass is 16.5. The van der Waals surface area contributed by atoms with Gasteiger partial charge >= 0.3 is 12.1 Å². The third-order valence-electron chi connectivity index (χ3n) is 6.68. The lowest BCUT2D eigenvalue weighted by atomic mass is 9.98. The SMILES string of the molecule is O=C(O)CCC(NC(=O)OCC1c2ccccc2-c2ccccc21)C(=O)N1CCN(CCO)CC1. The maximum Gasteiger partial charge on any atom is 0.407 e. The maximum atomic E-state index is 13.1. The van der Waals surface area contributed by atoms with E-state index in [1.165, 1.54) is 0 Å². The molecule has 0 aromatic heterocycles. The van der Waals surface area contributed by atoms with Gasteiger partial charge in [-0.25, -0.2) is 4.79 Å². The number of aliphatic hydroxyl groups is 1. The summed E-state index contributed by atoms with van der Waals surface area (Å²) in [4.78, 5) is 40.6. The van der Waals surface area contributed by atoms with E-state index in [1.807, 2.05) is 36.4 Å². The van der Waals surface area contributed by atoms with Gasteiger partial charge in [0.2, 0.25) is 5.91 Å². The number of benzene rings is 2. The highest BCUT2D eigenvalue weighted by Gasteiger charge is 2.31. The summed E-state index contributed by atoms with van der Waals surface area (Å²) >= 11 is 0. The molecular formula is C26H31N3O6. The monoisotopic (exact) mass is 481 g/mol. The molecule has 2 aliphatic rings. The quantitative estimate of drug-likeness (QED) is 0.500. The van der Waals surface area contributed by atoms with Crippen LogP contribution in [0.5, 0.6) is 0 Å². The Labute approximate surface area is 204 Å². The molecule has 0 radical (unpaired) electrons. The number of nitrogens with zero attached hydrogens (tertiary/aromatic N) is 2. The van der Waals surface area contributed by atoms with Gasteiger partial charge in [-0.2, -0.15) is 0 Å². The minimum atomic E-state index is -1.04. The van der Waals surface area contributed by atoms with E-state index in [9.17, 15) is 14.4 Å². The molecule has 9 heteroatoms. The standard InChI is InChI=1S/C26H31N3O6/c30-16-15-28-11-13-29(14-12-28)25(33)23(9-10-24(31)32)27-26(34)35-17-22-20-7-3-1-5-18(20)19-6-2-4-8-21(19)22/h1-8,22-23,30H,9-17H2,(H,27,34)(H,31,32). The number of carboxylic acid groups (broad SMARTS) is 1. The second kappa shape index (κ2) is 11.3. The number of amides is 2. The van der Waals surface area contributed by atoms with Crippen molar-refractivity contribution in [1.82, 2.24) is 15.1 Å². The summed E-state index contributed by atoms with van der Waals surface area (Å²) in [5.74, 6) is -1.46. The van der Waals surface area contributed by atoms with E-state index in [-0.39, 0.29) is 37.9 Å². The number of aliphatic carboxylic acids is 1. The number of β-amino-alcohol motifs (C(OH)–C–C–N with tert-alkyl or cyclic N) is 1. The van der Waals surface area contributed by atoms with Crippen LogP contribution in [0.2, 0.25) is 0 Å². The minimum Gasteiger partial charge on any atom is -0.481 e. The number of hydrogen-bond acceptors (Lipinski definition) is 6. The third-order valence-corrected chi connectivity index (χ3v) is 6.68. The lowest BCUT2D eigenvalue weighted by molar-refractivity contribution is -0.138. The normalized spacial score (nSPS) is 16.3. The Morgan fingerprint density at radius 3 is 2.14 bits per heavy atom. The zero-order chi connectivity index (χ0) is 24.8. The summed E-state index contributed by atoms with van der Waals surface area (Å²) < 4.78 is 5.56. The molecule has 1 aliphatic heterocycles. The number of ether oxygens (including phenoxy) is 1. The number of nitrogens with one attached hydrogen (secondary N) is 1. The van der Waals surface area contributed by atoms with Gasteiger partial charge in [0, 0.05) is 45.1 Å². The van der Waals surface area contributed by atoms with Crippen LogP contribution in [0, 0.1) is 0 Å². The molecule has 9 nitrogen and oxygen atoms in total. The van der Waals surface area contributed by atoms with Gasteiger partial charge in [-0.3, -0.25) is 14.5 Å². The molecule has 3 N–H and O–H groups in total. The molecule has 1 aliphatic carbocycles. The van der Waals surface area contributed by atoms with Crippen molar-refractivity contribution in [3.8, 4) is 11.1 Å². The van der Waals surface area contributed by atoms with Crippen molar-refractivity contribution in [2.75, 3.05) is 45.9 Å². The molecule has 186 valence electrons. The molecule has 1 saturated heterocycles. The van der Waals surface area contributed by atoms with Gasteiger partial charge in [0.1, 0.15) is 12.6 Å². The van der Waals surface area contributed by atoms with Crippen molar-refractivity contribution in [1.29, 1.82) is 0 Å². The van der Waals surface area contributed by atoms with Crippen molar-refractivity contribution in [2.24, 2.45) is 0 Å². The van der Waals surface area contributed by atoms with Gasteiger partial charge in [0.25, 0.3) is 0 Å². The predicted molar refractivity (Wildman–Crippen MR) is 129 cm³/mol. The number of aliphatic hydroxyl groups excluding tert-OH is 1. The first-order valence-corrected chi connectivity index (χ1v) is 11.9. The van der Waals surface area contributed by atoms with Crippen LogP contribution in [-0.2, 0) is 14.3 Å². The lowest BCUT2D eigenvalue weighted by Gasteiger charge is -2.36. The molecule has 2 aromatic rings. The van der Waals surface area contributed by atoms with Gasteiger partial charge in [0.05, 0.1) is 6.61 Å². The molecular weight excluding hydrogens is 450 g/mol. The molecule has 2 aromatic carbocycles. The highest BCUT2D eigenvalue weighted by Crippen LogP contribution is 2.44. The average molecular weight is 482 g/mol. The highest BCUT2D eigenvalue weighted by molar-refractivity contribution is 5.86. The van der Waals surface area contributed by atoms with Crippen LogP contribution in [0.3, 0.4) is 0 Å². The van der Waals surface area contributed by atoms with Crippen molar-refractivity contribution in [2.45, 2.75) is 24.8 Å². The van der Waals surface area contributed by atoms with Crippen molar-refractivity contribution in [3.63, 3.8) is 0 Å². The molecule has 2 amide bonds. The van der Waals surface area contributed by atoms with E-state index in [2.05, 4.69) is 22.3 Å². The van der Waals surface area contributed by atoms with Gasteiger partial charge in [0.15, 0.2) is 0 Å². The van der Waals surface area contributed by atoms with Crippen LogP contribution in [0.4, 0.5) is 4.79 Å². The largest absolute Gasteiger partial charge is 0.481 e. The van der Waals surface area contributed by atoms with E-state index in [0.717, 1.165) is 22.3 Å². The fourth-order valence-electron chi connectivity index (χ4n) is 4.86. The second-order valence-corrected chi connectivity index (χ2v) is 8.85. The Bertz CT molecular complexity index is 1020. The van der Waals surface area contributed by atoms with Crippen LogP contribution < -0.4 is 5.32 Å². The van der Waals surface area contributed by atoms with E-state index < -0.39 is 18.1 Å². The van der Waals surface area contributed by atoms with E-state index in [0.29, 0.717) is 32.7 Å². The van der Waals surface area contributed by atoms with Crippen molar-refractivity contribution < 1.29 is 29.3 Å². The van der Waals surface area contributed by atoms with Crippen molar-refractivity contribution >= 4 is 18.0 Å². The van der Waals surface area contributed by atoms with Gasteiger partial charge in [-0.15, -0.1) is 0 Å². The fraction of sp³-hybridized carbons (Fsp3) is 0.423. The number of carboxylic acids is 1. The van der Waals surface area contributed by atoms with Crippen LogP contribution in [-0.4, -0.2) is 90.0 Å². The molecule has 0 saturated carbocycles. The van der Waals surface area contributed by atoms with E-state index in [1.54, 1.807) is 4.90 Å². The lowest BCUT2D eigenvalue weighted by Crippen LogP contribution is -2.55. The smallest absolute Gasteiger partial charge is 0.407 e. The Kier molecular flexibility index (Phi) is 7.99. The molecule has 0 bridgehead atoms. The van der Waals surface area contributed by atoms with E-state index >= 15 is 0 Å². The van der Waals surface area contributed by atoms with E-state index in [4.69, 9.17) is 14.9 Å². The van der Waals surface area contributed by atoms with Crippen LogP contribution in [0.25, 0.3) is 11.1 Å². The summed E-state index contributed by atoms with van der Waals surface area (Å²) in [6.07, 6.45) is -1.01. The summed E-state index contributed by atoms with van der Waals surface area (Å²) in [6, 6.07) is 15.0. The average Bonchev–Trinajstić information content (AvgIpc) is 3.19. The number of carbonyl (C=O) groups is 3. The molecule has 1 fully saturated rings. The van der Waals surface area contributed by atoms with Crippen LogP contribution in [0.15, 0.2) is 48.5 Å². The van der Waals surface area contributed by atoms with Crippen molar-refractivity contribution in [3.05, 3.63) is 59.7 Å². The summed E-state index contributed by atoms with van der Waals surface area (Å²) in [7, 11) is 0. The Hall–Kier alpha value is -3.43. The van der Waals surface area contributed by atoms with Gasteiger partial charge in [-0.1, -0.05) is 48.5 Å². The number of piperazine rings is 1. The number of fused-ring (bicyclic) bond motifs is 3. The van der Waals surface area contributed by atoms with Crippen LogP contribution in [0.1, 0.15) is 29.9 Å². The topological polar surface area (TPSA) is 119 Å². The first-order chi connectivity index (χ1) is 17.0. The Morgan fingerprint density at radius 2 is 1.57 bits per heavy atom. The van der Waals surface area contributed by atoms with Gasteiger partial charge < -0.3 is 25.2 Å². The zero-order valence-electron chi connectivity index (χ0n) is 19.6.